The van der Waals surface area contributed by atoms with Crippen LogP contribution in [0.15, 0.2) is 42.0 Å². The summed E-state index contributed by atoms with van der Waals surface area (Å²) in [6.45, 7) is 2.72. The van der Waals surface area contributed by atoms with E-state index in [4.69, 9.17) is 5.73 Å². The summed E-state index contributed by atoms with van der Waals surface area (Å²) in [7, 11) is 0. The largest absolute Gasteiger partial charge is 0.327 e. The SMILES string of the molecule is C/C(=C\Cc1ccccc1)CN. The van der Waals surface area contributed by atoms with E-state index < -0.39 is 0 Å². The Morgan fingerprint density at radius 1 is 1.33 bits per heavy atom. The standard InChI is InChI=1S/C11H15N/c1-10(9-12)7-8-11-5-3-2-4-6-11/h2-7H,8-9,12H2,1H3/b10-7+. The first kappa shape index (κ1) is 9.01. The van der Waals surface area contributed by atoms with E-state index in [1.165, 1.54) is 11.1 Å². The van der Waals surface area contributed by atoms with Crippen molar-refractivity contribution in [3.05, 3.63) is 47.5 Å². The van der Waals surface area contributed by atoms with E-state index in [9.17, 15) is 0 Å². The van der Waals surface area contributed by atoms with Crippen LogP contribution in [0.1, 0.15) is 12.5 Å². The molecule has 64 valence electrons. The van der Waals surface area contributed by atoms with Gasteiger partial charge in [0.1, 0.15) is 0 Å². The van der Waals surface area contributed by atoms with Crippen molar-refractivity contribution < 1.29 is 0 Å². The number of nitrogens with two attached hydrogens (primary N) is 1. The van der Waals surface area contributed by atoms with Crippen LogP contribution in [0.25, 0.3) is 0 Å². The zero-order valence-corrected chi connectivity index (χ0v) is 7.46. The van der Waals surface area contributed by atoms with Crippen LogP contribution in [0.5, 0.6) is 0 Å². The van der Waals surface area contributed by atoms with Crippen LogP contribution >= 0.6 is 0 Å². The predicted octanol–water partition coefficient (Wildman–Crippen LogP) is 2.13. The van der Waals surface area contributed by atoms with Crippen LogP contribution in [0.4, 0.5) is 0 Å². The van der Waals surface area contributed by atoms with Gasteiger partial charge in [0.25, 0.3) is 0 Å². The molecule has 1 aromatic carbocycles. The van der Waals surface area contributed by atoms with Gasteiger partial charge in [0.05, 0.1) is 0 Å². The molecule has 0 heterocycles. The molecule has 0 atom stereocenters. The Morgan fingerprint density at radius 3 is 2.58 bits per heavy atom. The fourth-order valence-corrected chi connectivity index (χ4v) is 0.990. The summed E-state index contributed by atoms with van der Waals surface area (Å²) >= 11 is 0. The van der Waals surface area contributed by atoms with Crippen molar-refractivity contribution in [2.75, 3.05) is 6.54 Å². The number of allylic oxidation sites excluding steroid dienone is 1. The van der Waals surface area contributed by atoms with E-state index in [1.54, 1.807) is 0 Å². The molecule has 12 heavy (non-hydrogen) atoms. The van der Waals surface area contributed by atoms with Crippen LogP contribution in [0.2, 0.25) is 0 Å². The molecule has 0 saturated carbocycles. The quantitative estimate of drug-likeness (QED) is 0.675. The molecule has 0 aliphatic heterocycles. The lowest BCUT2D eigenvalue weighted by atomic mass is 10.1. The molecular formula is C11H15N. The summed E-state index contributed by atoms with van der Waals surface area (Å²) in [5, 5.41) is 0. The summed E-state index contributed by atoms with van der Waals surface area (Å²) in [5.41, 5.74) is 8.06. The molecule has 0 radical (unpaired) electrons. The van der Waals surface area contributed by atoms with Crippen LogP contribution in [-0.4, -0.2) is 6.54 Å². The number of benzene rings is 1. The number of hydrogen-bond acceptors (Lipinski definition) is 1. The zero-order valence-electron chi connectivity index (χ0n) is 7.46. The topological polar surface area (TPSA) is 26.0 Å². The van der Waals surface area contributed by atoms with Crippen molar-refractivity contribution in [2.24, 2.45) is 5.73 Å². The van der Waals surface area contributed by atoms with Gasteiger partial charge in [0, 0.05) is 6.54 Å². The average molecular weight is 161 g/mol. The monoisotopic (exact) mass is 161 g/mol. The maximum Gasteiger partial charge on any atom is 0.0134 e. The lowest BCUT2D eigenvalue weighted by Gasteiger charge is -1.97. The van der Waals surface area contributed by atoms with E-state index in [1.807, 2.05) is 6.07 Å². The maximum atomic E-state index is 5.47. The minimum Gasteiger partial charge on any atom is -0.327 e. The van der Waals surface area contributed by atoms with Crippen LogP contribution < -0.4 is 5.73 Å². The summed E-state index contributed by atoms with van der Waals surface area (Å²) < 4.78 is 0. The van der Waals surface area contributed by atoms with Gasteiger partial charge in [-0.2, -0.15) is 0 Å². The predicted molar refractivity (Wildman–Crippen MR) is 53.0 cm³/mol. The Kier molecular flexibility index (Phi) is 3.55. The summed E-state index contributed by atoms with van der Waals surface area (Å²) in [6.07, 6.45) is 3.17. The van der Waals surface area contributed by atoms with Crippen molar-refractivity contribution in [1.29, 1.82) is 0 Å². The highest BCUT2D eigenvalue weighted by atomic mass is 14.5. The summed E-state index contributed by atoms with van der Waals surface area (Å²) in [6, 6.07) is 10.4. The fraction of sp³-hybridized carbons (Fsp3) is 0.273. The van der Waals surface area contributed by atoms with Gasteiger partial charge in [-0.1, -0.05) is 42.0 Å². The molecule has 2 N–H and O–H groups in total. The first-order chi connectivity index (χ1) is 5.83. The molecule has 0 aromatic heterocycles. The van der Waals surface area contributed by atoms with E-state index in [2.05, 4.69) is 37.3 Å². The van der Waals surface area contributed by atoms with Crippen molar-refractivity contribution in [2.45, 2.75) is 13.3 Å². The fourth-order valence-electron chi connectivity index (χ4n) is 0.990. The molecule has 1 heteroatoms. The van der Waals surface area contributed by atoms with Crippen molar-refractivity contribution in [3.63, 3.8) is 0 Å². The van der Waals surface area contributed by atoms with Gasteiger partial charge in [-0.25, -0.2) is 0 Å². The molecule has 0 aliphatic rings. The van der Waals surface area contributed by atoms with Crippen LogP contribution in [0.3, 0.4) is 0 Å². The van der Waals surface area contributed by atoms with Crippen molar-refractivity contribution in [1.82, 2.24) is 0 Å². The second kappa shape index (κ2) is 4.73. The van der Waals surface area contributed by atoms with Gasteiger partial charge >= 0.3 is 0 Å². The average Bonchev–Trinajstić information content (AvgIpc) is 2.16. The summed E-state index contributed by atoms with van der Waals surface area (Å²) in [5.74, 6) is 0. The summed E-state index contributed by atoms with van der Waals surface area (Å²) in [4.78, 5) is 0. The second-order valence-corrected chi connectivity index (χ2v) is 2.94. The lowest BCUT2D eigenvalue weighted by molar-refractivity contribution is 1.10. The molecule has 1 nitrogen and oxygen atoms in total. The van der Waals surface area contributed by atoms with E-state index in [-0.39, 0.29) is 0 Å². The van der Waals surface area contributed by atoms with Gasteiger partial charge in [0.2, 0.25) is 0 Å². The third-order valence-corrected chi connectivity index (χ3v) is 1.85. The van der Waals surface area contributed by atoms with Crippen molar-refractivity contribution >= 4 is 0 Å². The van der Waals surface area contributed by atoms with Crippen molar-refractivity contribution in [3.8, 4) is 0 Å². The van der Waals surface area contributed by atoms with Crippen LogP contribution in [-0.2, 0) is 6.42 Å². The molecule has 0 spiro atoms. The molecule has 0 aliphatic carbocycles. The highest BCUT2D eigenvalue weighted by molar-refractivity contribution is 5.18. The van der Waals surface area contributed by atoms with Crippen LogP contribution in [0, 0.1) is 0 Å². The Morgan fingerprint density at radius 2 is 2.00 bits per heavy atom. The highest BCUT2D eigenvalue weighted by Crippen LogP contribution is 2.01. The Hall–Kier alpha value is -1.08. The van der Waals surface area contributed by atoms with Gasteiger partial charge in [-0.15, -0.1) is 0 Å². The van der Waals surface area contributed by atoms with Gasteiger partial charge in [0.15, 0.2) is 0 Å². The lowest BCUT2D eigenvalue weighted by Crippen LogP contribution is -1.99. The molecular weight excluding hydrogens is 146 g/mol. The van der Waals surface area contributed by atoms with E-state index >= 15 is 0 Å². The Labute approximate surface area is 73.9 Å². The molecule has 0 bridgehead atoms. The normalized spacial score (nSPS) is 11.7. The Balaban J connectivity index is 2.54. The molecule has 1 rings (SSSR count). The second-order valence-electron chi connectivity index (χ2n) is 2.94. The van der Waals surface area contributed by atoms with Gasteiger partial charge in [-0.3, -0.25) is 0 Å². The first-order valence-corrected chi connectivity index (χ1v) is 4.22. The highest BCUT2D eigenvalue weighted by Gasteiger charge is 1.87. The first-order valence-electron chi connectivity index (χ1n) is 4.22. The third-order valence-electron chi connectivity index (χ3n) is 1.85. The van der Waals surface area contributed by atoms with Gasteiger partial charge < -0.3 is 5.73 Å². The smallest absolute Gasteiger partial charge is 0.0134 e. The van der Waals surface area contributed by atoms with E-state index in [0.717, 1.165) is 6.42 Å². The minimum absolute atomic E-state index is 0.660. The molecule has 0 unspecified atom stereocenters. The maximum absolute atomic E-state index is 5.47. The molecule has 0 saturated heterocycles. The van der Waals surface area contributed by atoms with Gasteiger partial charge in [-0.05, 0) is 18.9 Å². The Bertz CT molecular complexity index is 249. The molecule has 0 fully saturated rings. The van der Waals surface area contributed by atoms with E-state index in [0.29, 0.717) is 6.54 Å². The number of rotatable bonds is 3. The third kappa shape index (κ3) is 2.89. The zero-order chi connectivity index (χ0) is 8.81. The number of hydrogen-bond donors (Lipinski definition) is 1. The molecule has 0 amide bonds. The minimum atomic E-state index is 0.660. The molecule has 1 aromatic rings.